The summed E-state index contributed by atoms with van der Waals surface area (Å²) in [7, 11) is -1.66. The molecule has 38 heavy (non-hydrogen) atoms. The van der Waals surface area contributed by atoms with E-state index in [0.29, 0.717) is 56.8 Å². The summed E-state index contributed by atoms with van der Waals surface area (Å²) in [6, 6.07) is 11.5. The number of nitrogens with zero attached hydrogens (tertiary/aromatic N) is 3. The molecule has 0 aliphatic carbocycles. The lowest BCUT2D eigenvalue weighted by molar-refractivity contribution is 0.0139. The zero-order valence-corrected chi connectivity index (χ0v) is 23.2. The van der Waals surface area contributed by atoms with Gasteiger partial charge in [0.25, 0.3) is 0 Å². The second kappa shape index (κ2) is 13.1. The summed E-state index contributed by atoms with van der Waals surface area (Å²) in [5, 5.41) is 0. The largest absolute Gasteiger partial charge is 0.465 e. The number of esters is 1. The number of ether oxygens (including phenoxy) is 2. The zero-order valence-electron chi connectivity index (χ0n) is 22.3. The van der Waals surface area contributed by atoms with Crippen LogP contribution in [0.1, 0.15) is 48.7 Å². The van der Waals surface area contributed by atoms with Crippen LogP contribution in [0, 0.1) is 5.82 Å². The number of rotatable bonds is 9. The summed E-state index contributed by atoms with van der Waals surface area (Å²) >= 11 is 0. The van der Waals surface area contributed by atoms with Crippen LogP contribution in [0.5, 0.6) is 0 Å². The van der Waals surface area contributed by atoms with Gasteiger partial charge >= 0.3 is 12.1 Å². The molecule has 3 rings (SSSR count). The molecule has 0 N–H and O–H groups in total. The fourth-order valence-corrected chi connectivity index (χ4v) is 4.83. The van der Waals surface area contributed by atoms with Gasteiger partial charge in [0.15, 0.2) is 0 Å². The van der Waals surface area contributed by atoms with Gasteiger partial charge in [0.2, 0.25) is 10.9 Å². The Labute approximate surface area is 225 Å². The lowest BCUT2D eigenvalue weighted by Gasteiger charge is -2.35. The molecule has 0 bridgehead atoms. The molecule has 2 aromatic carbocycles. The van der Waals surface area contributed by atoms with Crippen molar-refractivity contribution in [3.63, 3.8) is 0 Å². The van der Waals surface area contributed by atoms with E-state index in [2.05, 4.69) is 9.64 Å². The molecule has 1 heterocycles. The first-order chi connectivity index (χ1) is 18.0. The van der Waals surface area contributed by atoms with Gasteiger partial charge in [-0.2, -0.15) is 0 Å². The SMILES string of the molecule is COC(=O)c1ccc(CCCN(c2cccc(CN3CCN(C(=O)OC(C)(C)C)CC3)c2)[SH](=O)=O)c(F)c1. The van der Waals surface area contributed by atoms with Gasteiger partial charge in [0.05, 0.1) is 18.4 Å². The Kier molecular flexibility index (Phi) is 10.1. The maximum absolute atomic E-state index is 14.4. The van der Waals surface area contributed by atoms with Crippen molar-refractivity contribution in [2.45, 2.75) is 45.8 Å². The van der Waals surface area contributed by atoms with Crippen LogP contribution in [-0.2, 0) is 33.3 Å². The molecule has 0 atom stereocenters. The average molecular weight is 550 g/mol. The maximum atomic E-state index is 14.4. The van der Waals surface area contributed by atoms with Crippen LogP contribution in [0.15, 0.2) is 42.5 Å². The second-order valence-corrected chi connectivity index (χ2v) is 11.1. The molecule has 1 fully saturated rings. The minimum Gasteiger partial charge on any atom is -0.465 e. The maximum Gasteiger partial charge on any atom is 0.410 e. The van der Waals surface area contributed by atoms with E-state index in [1.54, 1.807) is 11.0 Å². The Morgan fingerprint density at radius 1 is 1.05 bits per heavy atom. The quantitative estimate of drug-likeness (QED) is 0.377. The van der Waals surface area contributed by atoms with Crippen molar-refractivity contribution in [2.24, 2.45) is 0 Å². The van der Waals surface area contributed by atoms with Gasteiger partial charge in [-0.1, -0.05) is 18.2 Å². The van der Waals surface area contributed by atoms with Crippen molar-refractivity contribution < 1.29 is 31.9 Å². The molecule has 2 aromatic rings. The minimum atomic E-state index is -2.89. The van der Waals surface area contributed by atoms with Crippen LogP contribution in [0.25, 0.3) is 0 Å². The molecular formula is C27H36FN3O6S. The highest BCUT2D eigenvalue weighted by molar-refractivity contribution is 7.74. The van der Waals surface area contributed by atoms with E-state index in [1.165, 1.54) is 23.5 Å². The van der Waals surface area contributed by atoms with Crippen LogP contribution >= 0.6 is 0 Å². The number of hydrogen-bond acceptors (Lipinski definition) is 7. The number of benzene rings is 2. The Hall–Kier alpha value is -3.18. The van der Waals surface area contributed by atoms with E-state index in [1.807, 2.05) is 39.0 Å². The van der Waals surface area contributed by atoms with Gasteiger partial charge in [-0.15, -0.1) is 0 Å². The number of halogens is 1. The van der Waals surface area contributed by atoms with Gasteiger partial charge in [-0.05, 0) is 69.0 Å². The molecule has 0 aromatic heterocycles. The number of carbonyl (C=O) groups excluding carboxylic acids is 2. The lowest BCUT2D eigenvalue weighted by Crippen LogP contribution is -2.49. The number of amides is 1. The predicted octanol–water partition coefficient (Wildman–Crippen LogP) is 3.63. The zero-order chi connectivity index (χ0) is 27.9. The number of hydrogen-bond donors (Lipinski definition) is 1. The summed E-state index contributed by atoms with van der Waals surface area (Å²) in [6.45, 7) is 8.83. The van der Waals surface area contributed by atoms with Crippen LogP contribution in [-0.4, -0.2) is 75.7 Å². The molecule has 1 aliphatic rings. The topological polar surface area (TPSA) is 96.5 Å². The van der Waals surface area contributed by atoms with Crippen LogP contribution in [0.4, 0.5) is 14.9 Å². The molecular weight excluding hydrogens is 513 g/mol. The third kappa shape index (κ3) is 8.42. The number of anilines is 1. The number of piperazine rings is 1. The fourth-order valence-electron chi connectivity index (χ4n) is 4.21. The Bertz CT molecular complexity index is 1200. The molecule has 0 unspecified atom stereocenters. The number of carbonyl (C=O) groups is 2. The smallest absolute Gasteiger partial charge is 0.410 e. The van der Waals surface area contributed by atoms with Crippen molar-refractivity contribution in [3.05, 3.63) is 65.0 Å². The average Bonchev–Trinajstić information content (AvgIpc) is 2.86. The molecule has 0 radical (unpaired) electrons. The van der Waals surface area contributed by atoms with Crippen LogP contribution in [0.2, 0.25) is 0 Å². The van der Waals surface area contributed by atoms with Crippen molar-refractivity contribution in [2.75, 3.05) is 44.1 Å². The van der Waals surface area contributed by atoms with E-state index >= 15 is 0 Å². The molecule has 1 saturated heterocycles. The number of methoxy groups -OCH3 is 1. The Morgan fingerprint density at radius 2 is 1.76 bits per heavy atom. The predicted molar refractivity (Wildman–Crippen MR) is 143 cm³/mol. The minimum absolute atomic E-state index is 0.126. The first-order valence-corrected chi connectivity index (χ1v) is 13.7. The van der Waals surface area contributed by atoms with Crippen LogP contribution in [0.3, 0.4) is 0 Å². The number of thiol groups is 1. The summed E-state index contributed by atoms with van der Waals surface area (Å²) in [4.78, 5) is 27.8. The molecule has 11 heteroatoms. The molecule has 208 valence electrons. The van der Waals surface area contributed by atoms with Gasteiger partial charge in [0, 0.05) is 39.3 Å². The number of aryl methyl sites for hydroxylation is 1. The molecule has 9 nitrogen and oxygen atoms in total. The highest BCUT2D eigenvalue weighted by Crippen LogP contribution is 2.21. The van der Waals surface area contributed by atoms with E-state index in [-0.39, 0.29) is 18.2 Å². The second-order valence-electron chi connectivity index (χ2n) is 10.2. The Balaban J connectivity index is 1.56. The lowest BCUT2D eigenvalue weighted by atomic mass is 10.1. The summed E-state index contributed by atoms with van der Waals surface area (Å²) in [5.41, 5.74) is 1.50. The first-order valence-electron chi connectivity index (χ1n) is 12.5. The summed E-state index contributed by atoms with van der Waals surface area (Å²) < 4.78 is 49.8. The molecule has 1 amide bonds. The highest BCUT2D eigenvalue weighted by atomic mass is 32.2. The van der Waals surface area contributed by atoms with Crippen LogP contribution < -0.4 is 4.31 Å². The van der Waals surface area contributed by atoms with E-state index in [9.17, 15) is 22.4 Å². The van der Waals surface area contributed by atoms with Crippen molar-refractivity contribution in [3.8, 4) is 0 Å². The van der Waals surface area contributed by atoms with E-state index in [4.69, 9.17) is 4.74 Å². The van der Waals surface area contributed by atoms with Crippen molar-refractivity contribution in [1.82, 2.24) is 9.80 Å². The van der Waals surface area contributed by atoms with Gasteiger partial charge in [-0.25, -0.2) is 22.4 Å². The molecule has 0 spiro atoms. The van der Waals surface area contributed by atoms with Gasteiger partial charge in [0.1, 0.15) is 11.4 Å². The Morgan fingerprint density at radius 3 is 2.37 bits per heavy atom. The standard InChI is InChI=1S/C27H36FN3O6S/c1-27(2,3)37-26(33)30-15-13-29(14-16-30)19-20-7-5-9-23(17-20)31(38(34)35)12-6-8-21-10-11-22(18-24(21)28)25(32)36-4/h5,7,9-11,17-18,38H,6,8,12-16,19H2,1-4H3. The normalized spacial score (nSPS) is 14.4. The molecule has 1 aliphatic heterocycles. The summed E-state index contributed by atoms with van der Waals surface area (Å²) in [6.07, 6.45) is 0.400. The summed E-state index contributed by atoms with van der Waals surface area (Å²) in [5.74, 6) is -1.14. The van der Waals surface area contributed by atoms with Gasteiger partial charge in [-0.3, -0.25) is 9.21 Å². The van der Waals surface area contributed by atoms with Crippen molar-refractivity contribution in [1.29, 1.82) is 0 Å². The monoisotopic (exact) mass is 549 g/mol. The highest BCUT2D eigenvalue weighted by Gasteiger charge is 2.26. The van der Waals surface area contributed by atoms with E-state index in [0.717, 1.165) is 11.6 Å². The van der Waals surface area contributed by atoms with E-state index < -0.39 is 28.3 Å². The van der Waals surface area contributed by atoms with Gasteiger partial charge < -0.3 is 14.4 Å². The molecule has 0 saturated carbocycles. The third-order valence-corrected chi connectivity index (χ3v) is 6.95. The fraction of sp³-hybridized carbons (Fsp3) is 0.481. The third-order valence-electron chi connectivity index (χ3n) is 6.13. The first kappa shape index (κ1) is 29.4. The van der Waals surface area contributed by atoms with Crippen molar-refractivity contribution >= 4 is 28.6 Å².